The number of hydrogen-bond acceptors (Lipinski definition) is 6. The first-order valence-electron chi connectivity index (χ1n) is 7.39. The summed E-state index contributed by atoms with van der Waals surface area (Å²) in [5.74, 6) is -10.9. The summed E-state index contributed by atoms with van der Waals surface area (Å²) >= 11 is 0. The Hall–Kier alpha value is -3.68. The maximum atomic E-state index is 12.2. The summed E-state index contributed by atoms with van der Waals surface area (Å²) in [5, 5.41) is 18.6. The SMILES string of the molecule is O=C(O)[C@H](C(=O)Oc1ccccc1)[C@@H](C(=O)O)C(=O)Oc1ccccc1. The van der Waals surface area contributed by atoms with Gasteiger partial charge in [0.1, 0.15) is 11.5 Å². The van der Waals surface area contributed by atoms with E-state index in [4.69, 9.17) is 9.47 Å². The highest BCUT2D eigenvalue weighted by atomic mass is 16.5. The molecule has 0 aliphatic carbocycles. The molecular formula is C18H14O8. The van der Waals surface area contributed by atoms with E-state index in [1.54, 1.807) is 12.1 Å². The smallest absolute Gasteiger partial charge is 0.327 e. The number of rotatable bonds is 7. The summed E-state index contributed by atoms with van der Waals surface area (Å²) in [4.78, 5) is 47.3. The molecule has 2 aromatic carbocycles. The van der Waals surface area contributed by atoms with Gasteiger partial charge < -0.3 is 19.7 Å². The van der Waals surface area contributed by atoms with Crippen molar-refractivity contribution in [3.63, 3.8) is 0 Å². The Bertz CT molecular complexity index is 731. The number of aliphatic carboxylic acids is 2. The van der Waals surface area contributed by atoms with Crippen LogP contribution in [0.25, 0.3) is 0 Å². The zero-order valence-corrected chi connectivity index (χ0v) is 13.3. The van der Waals surface area contributed by atoms with E-state index >= 15 is 0 Å². The lowest BCUT2D eigenvalue weighted by Crippen LogP contribution is -2.44. The Morgan fingerprint density at radius 1 is 0.615 bits per heavy atom. The third-order valence-electron chi connectivity index (χ3n) is 3.30. The van der Waals surface area contributed by atoms with Gasteiger partial charge in [-0.15, -0.1) is 0 Å². The lowest BCUT2D eigenvalue weighted by atomic mass is 9.92. The molecule has 0 aromatic heterocycles. The maximum Gasteiger partial charge on any atom is 0.327 e. The van der Waals surface area contributed by atoms with E-state index in [9.17, 15) is 29.4 Å². The molecule has 0 unspecified atom stereocenters. The second-order valence-electron chi connectivity index (χ2n) is 5.10. The Morgan fingerprint density at radius 2 is 0.923 bits per heavy atom. The first kappa shape index (κ1) is 18.7. The molecule has 2 rings (SSSR count). The molecule has 0 amide bonds. The standard InChI is InChI=1S/C18H14O8/c19-15(20)13(17(23)25-11-7-3-1-4-8-11)14(16(21)22)18(24)26-12-9-5-2-6-10-12/h1-10,13-14H,(H,19,20)(H,21,22)/t13-,14+. The van der Waals surface area contributed by atoms with Gasteiger partial charge in [0.15, 0.2) is 11.8 Å². The average molecular weight is 358 g/mol. The highest BCUT2D eigenvalue weighted by Crippen LogP contribution is 2.21. The van der Waals surface area contributed by atoms with Crippen LogP contribution in [-0.2, 0) is 19.2 Å². The lowest BCUT2D eigenvalue weighted by Gasteiger charge is -2.18. The molecule has 8 nitrogen and oxygen atoms in total. The summed E-state index contributed by atoms with van der Waals surface area (Å²) < 4.78 is 9.76. The van der Waals surface area contributed by atoms with Crippen LogP contribution >= 0.6 is 0 Å². The Balaban J connectivity index is 2.25. The van der Waals surface area contributed by atoms with Crippen LogP contribution in [0.5, 0.6) is 11.5 Å². The van der Waals surface area contributed by atoms with Crippen molar-refractivity contribution < 1.29 is 38.9 Å². The number of carboxylic acids is 2. The van der Waals surface area contributed by atoms with E-state index in [1.807, 2.05) is 0 Å². The third-order valence-corrected chi connectivity index (χ3v) is 3.30. The average Bonchev–Trinajstić information content (AvgIpc) is 2.60. The quantitative estimate of drug-likeness (QED) is 0.434. The van der Waals surface area contributed by atoms with Gasteiger partial charge in [-0.2, -0.15) is 0 Å². The monoisotopic (exact) mass is 358 g/mol. The number of para-hydroxylation sites is 2. The minimum absolute atomic E-state index is 0.0179. The summed E-state index contributed by atoms with van der Waals surface area (Å²) in [6.07, 6.45) is 0. The molecule has 8 heteroatoms. The van der Waals surface area contributed by atoms with Crippen molar-refractivity contribution in [3.8, 4) is 11.5 Å². The van der Waals surface area contributed by atoms with E-state index in [0.29, 0.717) is 0 Å². The Kier molecular flexibility index (Phi) is 6.05. The predicted octanol–water partition coefficient (Wildman–Crippen LogP) is 1.60. The number of esters is 2. The van der Waals surface area contributed by atoms with Gasteiger partial charge in [-0.1, -0.05) is 36.4 Å². The fraction of sp³-hybridized carbons (Fsp3) is 0.111. The predicted molar refractivity (Wildman–Crippen MR) is 86.4 cm³/mol. The summed E-state index contributed by atoms with van der Waals surface area (Å²) in [7, 11) is 0. The van der Waals surface area contributed by atoms with Crippen molar-refractivity contribution in [2.75, 3.05) is 0 Å². The molecule has 0 bridgehead atoms. The summed E-state index contributed by atoms with van der Waals surface area (Å²) in [6, 6.07) is 15.0. The maximum absolute atomic E-state index is 12.2. The van der Waals surface area contributed by atoms with Gasteiger partial charge in [0, 0.05) is 0 Å². The van der Waals surface area contributed by atoms with Crippen molar-refractivity contribution in [3.05, 3.63) is 60.7 Å². The fourth-order valence-electron chi connectivity index (χ4n) is 2.10. The molecule has 134 valence electrons. The first-order chi connectivity index (χ1) is 12.4. The number of benzene rings is 2. The Labute approximate surface area is 147 Å². The largest absolute Gasteiger partial charge is 0.481 e. The Morgan fingerprint density at radius 3 is 1.19 bits per heavy atom. The second kappa shape index (κ2) is 8.43. The number of carbonyl (C=O) groups is 4. The van der Waals surface area contributed by atoms with Gasteiger partial charge in [-0.25, -0.2) is 0 Å². The topological polar surface area (TPSA) is 127 Å². The molecular weight excluding hydrogens is 344 g/mol. The van der Waals surface area contributed by atoms with Crippen molar-refractivity contribution in [2.45, 2.75) is 0 Å². The molecule has 0 radical (unpaired) electrons. The first-order valence-corrected chi connectivity index (χ1v) is 7.39. The van der Waals surface area contributed by atoms with Gasteiger partial charge in [-0.3, -0.25) is 19.2 Å². The molecule has 0 fully saturated rings. The van der Waals surface area contributed by atoms with Crippen molar-refractivity contribution in [1.29, 1.82) is 0 Å². The zero-order chi connectivity index (χ0) is 19.1. The summed E-state index contributed by atoms with van der Waals surface area (Å²) in [6.45, 7) is 0. The van der Waals surface area contributed by atoms with Crippen molar-refractivity contribution in [1.82, 2.24) is 0 Å². The molecule has 0 saturated heterocycles. The fourth-order valence-corrected chi connectivity index (χ4v) is 2.10. The van der Waals surface area contributed by atoms with Gasteiger partial charge in [0.2, 0.25) is 0 Å². The van der Waals surface area contributed by atoms with Crippen LogP contribution in [0.3, 0.4) is 0 Å². The van der Waals surface area contributed by atoms with Crippen LogP contribution < -0.4 is 9.47 Å². The molecule has 0 saturated carbocycles. The van der Waals surface area contributed by atoms with E-state index in [0.717, 1.165) is 0 Å². The van der Waals surface area contributed by atoms with E-state index in [-0.39, 0.29) is 11.5 Å². The molecule has 0 spiro atoms. The van der Waals surface area contributed by atoms with Crippen LogP contribution in [-0.4, -0.2) is 34.1 Å². The van der Waals surface area contributed by atoms with E-state index < -0.39 is 35.7 Å². The molecule has 0 heterocycles. The van der Waals surface area contributed by atoms with Crippen LogP contribution in [0.2, 0.25) is 0 Å². The third kappa shape index (κ3) is 4.67. The minimum atomic E-state index is -2.27. The van der Waals surface area contributed by atoms with Crippen LogP contribution in [0, 0.1) is 11.8 Å². The molecule has 0 aliphatic heterocycles. The van der Waals surface area contributed by atoms with Crippen LogP contribution in [0.4, 0.5) is 0 Å². The second-order valence-corrected chi connectivity index (χ2v) is 5.10. The summed E-state index contributed by atoms with van der Waals surface area (Å²) in [5.41, 5.74) is 0. The molecule has 2 N–H and O–H groups in total. The van der Waals surface area contributed by atoms with E-state index in [1.165, 1.54) is 48.5 Å². The van der Waals surface area contributed by atoms with Crippen molar-refractivity contribution in [2.24, 2.45) is 11.8 Å². The van der Waals surface area contributed by atoms with Crippen molar-refractivity contribution >= 4 is 23.9 Å². The lowest BCUT2D eigenvalue weighted by molar-refractivity contribution is -0.169. The number of ether oxygens (including phenoxy) is 2. The van der Waals surface area contributed by atoms with Gasteiger partial charge in [0.25, 0.3) is 0 Å². The number of carbonyl (C=O) groups excluding carboxylic acids is 2. The highest BCUT2D eigenvalue weighted by Gasteiger charge is 2.47. The van der Waals surface area contributed by atoms with Gasteiger partial charge in [0.05, 0.1) is 0 Å². The van der Waals surface area contributed by atoms with Crippen LogP contribution in [0.15, 0.2) is 60.7 Å². The normalized spacial score (nSPS) is 12.5. The zero-order valence-electron chi connectivity index (χ0n) is 13.3. The molecule has 0 aliphatic rings. The van der Waals surface area contributed by atoms with Gasteiger partial charge in [-0.05, 0) is 24.3 Å². The van der Waals surface area contributed by atoms with E-state index in [2.05, 4.69) is 0 Å². The highest BCUT2D eigenvalue weighted by molar-refractivity contribution is 6.07. The van der Waals surface area contributed by atoms with Crippen LogP contribution in [0.1, 0.15) is 0 Å². The number of hydrogen-bond donors (Lipinski definition) is 2. The molecule has 26 heavy (non-hydrogen) atoms. The minimum Gasteiger partial charge on any atom is -0.481 e. The van der Waals surface area contributed by atoms with Gasteiger partial charge >= 0.3 is 23.9 Å². The molecule has 2 aromatic rings. The molecule has 2 atom stereocenters. The number of carboxylic acid groups (broad SMARTS) is 2.